The van der Waals surface area contributed by atoms with Gasteiger partial charge in [-0.15, -0.1) is 0 Å². The Balaban J connectivity index is 1.50. The van der Waals surface area contributed by atoms with Crippen molar-refractivity contribution in [1.29, 1.82) is 5.26 Å². The van der Waals surface area contributed by atoms with Crippen LogP contribution in [0.4, 0.5) is 0 Å². The third-order valence-corrected chi connectivity index (χ3v) is 5.51. The largest absolute Gasteiger partial charge is 0.388 e. The molecule has 6 nitrogen and oxygen atoms in total. The van der Waals surface area contributed by atoms with Crippen LogP contribution >= 0.6 is 0 Å². The Kier molecular flexibility index (Phi) is 7.46. The molecule has 6 heteroatoms. The van der Waals surface area contributed by atoms with Gasteiger partial charge in [0.05, 0.1) is 19.3 Å². The van der Waals surface area contributed by atoms with Crippen molar-refractivity contribution >= 4 is 5.91 Å². The van der Waals surface area contributed by atoms with Crippen LogP contribution in [0.15, 0.2) is 30.0 Å². The van der Waals surface area contributed by atoms with Crippen molar-refractivity contribution in [3.05, 3.63) is 46.7 Å². The van der Waals surface area contributed by atoms with E-state index in [4.69, 9.17) is 4.74 Å². The zero-order chi connectivity index (χ0) is 19.8. The van der Waals surface area contributed by atoms with Crippen LogP contribution in [0.1, 0.15) is 42.5 Å². The first-order chi connectivity index (χ1) is 13.7. The molecule has 28 heavy (non-hydrogen) atoms. The van der Waals surface area contributed by atoms with E-state index in [9.17, 15) is 10.1 Å². The molecule has 1 aliphatic carbocycles. The average Bonchev–Trinajstić information content (AvgIpc) is 2.74. The minimum absolute atomic E-state index is 0.104. The molecular formula is C22H30N4O2. The highest BCUT2D eigenvalue weighted by Crippen LogP contribution is 2.24. The molecule has 0 spiro atoms. The van der Waals surface area contributed by atoms with Gasteiger partial charge in [-0.3, -0.25) is 9.69 Å². The van der Waals surface area contributed by atoms with Gasteiger partial charge in [-0.2, -0.15) is 5.26 Å². The van der Waals surface area contributed by atoms with E-state index in [0.29, 0.717) is 6.54 Å². The standard InChI is InChI=1S/C22H30N4O2/c1-17(19-7-6-18-4-2-3-5-20(18)14-19)25-22(27)21(15-23)16-24-8-9-26-10-12-28-13-11-26/h6-7,14,16-17,24H,2-5,8-13H2,1H3,(H,25,27)/b21-16-. The topological polar surface area (TPSA) is 77.4 Å². The van der Waals surface area contributed by atoms with Gasteiger partial charge < -0.3 is 15.4 Å². The lowest BCUT2D eigenvalue weighted by Gasteiger charge is -2.26. The molecule has 2 aliphatic rings. The van der Waals surface area contributed by atoms with Crippen LogP contribution in [0, 0.1) is 11.3 Å². The molecule has 1 saturated heterocycles. The number of morpholine rings is 1. The molecule has 1 amide bonds. The summed E-state index contributed by atoms with van der Waals surface area (Å²) in [6, 6.07) is 8.34. The molecule has 0 radical (unpaired) electrons. The summed E-state index contributed by atoms with van der Waals surface area (Å²) in [5.74, 6) is -0.341. The second-order valence-electron chi connectivity index (χ2n) is 7.51. The number of hydrogen-bond acceptors (Lipinski definition) is 5. The van der Waals surface area contributed by atoms with Crippen molar-refractivity contribution in [3.63, 3.8) is 0 Å². The Hall–Kier alpha value is -2.36. The number of rotatable bonds is 7. The molecule has 1 unspecified atom stereocenters. The predicted octanol–water partition coefficient (Wildman–Crippen LogP) is 2.07. The summed E-state index contributed by atoms with van der Waals surface area (Å²) in [7, 11) is 0. The van der Waals surface area contributed by atoms with Crippen molar-refractivity contribution in [2.45, 2.75) is 38.6 Å². The molecule has 1 aromatic rings. The first-order valence-electron chi connectivity index (χ1n) is 10.2. The number of carbonyl (C=O) groups excluding carboxylic acids is 1. The van der Waals surface area contributed by atoms with Gasteiger partial charge in [-0.1, -0.05) is 18.2 Å². The van der Waals surface area contributed by atoms with E-state index >= 15 is 0 Å². The van der Waals surface area contributed by atoms with Crippen LogP contribution < -0.4 is 10.6 Å². The molecule has 3 rings (SSSR count). The first-order valence-corrected chi connectivity index (χ1v) is 10.2. The summed E-state index contributed by atoms with van der Waals surface area (Å²) >= 11 is 0. The monoisotopic (exact) mass is 382 g/mol. The van der Waals surface area contributed by atoms with E-state index in [1.807, 2.05) is 13.0 Å². The highest BCUT2D eigenvalue weighted by atomic mass is 16.5. The van der Waals surface area contributed by atoms with E-state index in [1.165, 1.54) is 30.2 Å². The molecule has 1 atom stereocenters. The summed E-state index contributed by atoms with van der Waals surface area (Å²) < 4.78 is 5.33. The van der Waals surface area contributed by atoms with Crippen molar-refractivity contribution < 1.29 is 9.53 Å². The Bertz CT molecular complexity index is 747. The van der Waals surface area contributed by atoms with Gasteiger partial charge in [0.15, 0.2) is 0 Å². The maximum atomic E-state index is 12.5. The van der Waals surface area contributed by atoms with Crippen molar-refractivity contribution in [3.8, 4) is 6.07 Å². The maximum absolute atomic E-state index is 12.5. The summed E-state index contributed by atoms with van der Waals surface area (Å²) in [5.41, 5.74) is 4.01. The van der Waals surface area contributed by atoms with Crippen LogP contribution in [-0.4, -0.2) is 50.2 Å². The molecular weight excluding hydrogens is 352 g/mol. The Labute approximate surface area is 167 Å². The number of amides is 1. The van der Waals surface area contributed by atoms with Gasteiger partial charge in [0.25, 0.3) is 5.91 Å². The fourth-order valence-electron chi connectivity index (χ4n) is 3.75. The van der Waals surface area contributed by atoms with Crippen molar-refractivity contribution in [2.75, 3.05) is 39.4 Å². The summed E-state index contributed by atoms with van der Waals surface area (Å²) in [6.45, 7) is 6.91. The average molecular weight is 383 g/mol. The Morgan fingerprint density at radius 3 is 2.79 bits per heavy atom. The SMILES string of the molecule is CC(NC(=O)/C(C#N)=C\NCCN1CCOCC1)c1ccc2c(c1)CCCC2. The Morgan fingerprint density at radius 2 is 2.04 bits per heavy atom. The van der Waals surface area contributed by atoms with Gasteiger partial charge in [-0.05, 0) is 49.3 Å². The van der Waals surface area contributed by atoms with Crippen LogP contribution in [-0.2, 0) is 22.4 Å². The number of nitriles is 1. The number of hydrogen-bond donors (Lipinski definition) is 2. The van der Waals surface area contributed by atoms with Crippen molar-refractivity contribution in [2.24, 2.45) is 0 Å². The number of nitrogens with zero attached hydrogens (tertiary/aromatic N) is 2. The van der Waals surface area contributed by atoms with E-state index in [2.05, 4.69) is 33.7 Å². The maximum Gasteiger partial charge on any atom is 0.263 e. The second-order valence-corrected chi connectivity index (χ2v) is 7.51. The highest BCUT2D eigenvalue weighted by Gasteiger charge is 2.16. The number of aryl methyl sites for hydroxylation is 2. The molecule has 0 saturated carbocycles. The van der Waals surface area contributed by atoms with Gasteiger partial charge in [0.1, 0.15) is 11.6 Å². The first kappa shape index (κ1) is 20.4. The van der Waals surface area contributed by atoms with E-state index in [-0.39, 0.29) is 17.5 Å². The molecule has 1 aromatic carbocycles. The molecule has 150 valence electrons. The van der Waals surface area contributed by atoms with Crippen LogP contribution in [0.25, 0.3) is 0 Å². The van der Waals surface area contributed by atoms with Crippen LogP contribution in [0.3, 0.4) is 0 Å². The van der Waals surface area contributed by atoms with E-state index < -0.39 is 0 Å². The molecule has 1 aliphatic heterocycles. The van der Waals surface area contributed by atoms with E-state index in [1.54, 1.807) is 0 Å². The molecule has 2 N–H and O–H groups in total. The molecule has 0 bridgehead atoms. The van der Waals surface area contributed by atoms with Gasteiger partial charge in [0, 0.05) is 32.4 Å². The van der Waals surface area contributed by atoms with Gasteiger partial charge in [-0.25, -0.2) is 0 Å². The van der Waals surface area contributed by atoms with Gasteiger partial charge in [0.2, 0.25) is 0 Å². The lowest BCUT2D eigenvalue weighted by Crippen LogP contribution is -2.39. The summed E-state index contributed by atoms with van der Waals surface area (Å²) in [5, 5.41) is 15.4. The lowest BCUT2D eigenvalue weighted by atomic mass is 9.89. The summed E-state index contributed by atoms with van der Waals surface area (Å²) in [4.78, 5) is 14.8. The lowest BCUT2D eigenvalue weighted by molar-refractivity contribution is -0.117. The number of fused-ring (bicyclic) bond motifs is 1. The zero-order valence-corrected chi connectivity index (χ0v) is 16.7. The zero-order valence-electron chi connectivity index (χ0n) is 16.7. The minimum Gasteiger partial charge on any atom is -0.388 e. The van der Waals surface area contributed by atoms with Crippen LogP contribution in [0.5, 0.6) is 0 Å². The Morgan fingerprint density at radius 1 is 1.29 bits per heavy atom. The van der Waals surface area contributed by atoms with Crippen LogP contribution in [0.2, 0.25) is 0 Å². The molecule has 1 heterocycles. The van der Waals surface area contributed by atoms with E-state index in [0.717, 1.165) is 51.3 Å². The number of nitrogens with one attached hydrogen (secondary N) is 2. The predicted molar refractivity (Wildman–Crippen MR) is 109 cm³/mol. The summed E-state index contributed by atoms with van der Waals surface area (Å²) in [6.07, 6.45) is 6.27. The number of carbonyl (C=O) groups is 1. The molecule has 1 fully saturated rings. The highest BCUT2D eigenvalue weighted by molar-refractivity contribution is 5.97. The van der Waals surface area contributed by atoms with Gasteiger partial charge >= 0.3 is 0 Å². The quantitative estimate of drug-likeness (QED) is 0.429. The number of ether oxygens (including phenoxy) is 1. The third kappa shape index (κ3) is 5.57. The number of benzene rings is 1. The second kappa shape index (κ2) is 10.3. The fourth-order valence-corrected chi connectivity index (χ4v) is 3.75. The normalized spacial score (nSPS) is 18.6. The van der Waals surface area contributed by atoms with Crippen molar-refractivity contribution in [1.82, 2.24) is 15.5 Å². The minimum atomic E-state index is -0.341. The molecule has 0 aromatic heterocycles. The fraction of sp³-hybridized carbons (Fsp3) is 0.545. The smallest absolute Gasteiger partial charge is 0.263 e. The third-order valence-electron chi connectivity index (χ3n) is 5.51.